The first-order chi connectivity index (χ1) is 16.9. The zero-order valence-electron chi connectivity index (χ0n) is 21.0. The van der Waals surface area contributed by atoms with Gasteiger partial charge in [0.1, 0.15) is 6.54 Å². The van der Waals surface area contributed by atoms with Crippen LogP contribution in [0.1, 0.15) is 51.5 Å². The molecule has 0 unspecified atom stereocenters. The van der Waals surface area contributed by atoms with Crippen molar-refractivity contribution < 1.29 is 9.53 Å². The second kappa shape index (κ2) is 13.0. The fourth-order valence-electron chi connectivity index (χ4n) is 4.10. The van der Waals surface area contributed by atoms with Crippen molar-refractivity contribution >= 4 is 17.1 Å². The van der Waals surface area contributed by atoms with Crippen molar-refractivity contribution in [2.45, 2.75) is 65.6 Å². The minimum Gasteiger partial charge on any atom is -0.383 e. The molecule has 9 heteroatoms. The molecule has 35 heavy (non-hydrogen) atoms. The number of nitrogens with one attached hydrogen (secondary N) is 1. The Morgan fingerprint density at radius 3 is 2.51 bits per heavy atom. The van der Waals surface area contributed by atoms with Crippen LogP contribution in [0.5, 0.6) is 0 Å². The molecule has 0 aliphatic rings. The predicted octanol–water partition coefficient (Wildman–Crippen LogP) is 2.78. The Morgan fingerprint density at radius 2 is 1.80 bits per heavy atom. The lowest BCUT2D eigenvalue weighted by atomic mass is 10.0. The van der Waals surface area contributed by atoms with Crippen LogP contribution in [0.15, 0.2) is 46.2 Å². The van der Waals surface area contributed by atoms with Gasteiger partial charge in [0.2, 0.25) is 5.91 Å². The minimum atomic E-state index is -0.549. The van der Waals surface area contributed by atoms with E-state index < -0.39 is 11.2 Å². The zero-order chi connectivity index (χ0) is 25.2. The largest absolute Gasteiger partial charge is 0.383 e. The molecule has 9 nitrogen and oxygen atoms in total. The molecular formula is C26H37N5O4. The predicted molar refractivity (Wildman–Crippen MR) is 137 cm³/mol. The quantitative estimate of drug-likeness (QED) is 0.356. The number of carbonyl (C=O) groups is 1. The maximum absolute atomic E-state index is 13.3. The maximum Gasteiger partial charge on any atom is 0.333 e. The molecule has 0 fully saturated rings. The van der Waals surface area contributed by atoms with E-state index in [1.165, 1.54) is 23.7 Å². The van der Waals surface area contributed by atoms with Crippen LogP contribution in [-0.2, 0) is 29.2 Å². The molecule has 0 atom stereocenters. The number of benzene rings is 1. The van der Waals surface area contributed by atoms with E-state index in [1.54, 1.807) is 11.7 Å². The van der Waals surface area contributed by atoms with Crippen molar-refractivity contribution in [3.8, 4) is 0 Å². The zero-order valence-corrected chi connectivity index (χ0v) is 21.0. The van der Waals surface area contributed by atoms with Crippen LogP contribution in [0.2, 0.25) is 0 Å². The number of imidazole rings is 1. The number of rotatable bonds is 14. The molecule has 0 saturated heterocycles. The second-order valence-electron chi connectivity index (χ2n) is 9.30. The van der Waals surface area contributed by atoms with Crippen molar-refractivity contribution in [1.82, 2.24) is 24.0 Å². The fourth-order valence-corrected chi connectivity index (χ4v) is 4.10. The first kappa shape index (κ1) is 26.4. The number of carbonyl (C=O) groups excluding carboxylic acids is 1. The van der Waals surface area contributed by atoms with Crippen LogP contribution in [0.25, 0.3) is 11.2 Å². The highest BCUT2D eigenvalue weighted by Crippen LogP contribution is 2.10. The highest BCUT2D eigenvalue weighted by atomic mass is 16.5. The van der Waals surface area contributed by atoms with Crippen LogP contribution in [0.4, 0.5) is 0 Å². The van der Waals surface area contributed by atoms with Gasteiger partial charge in [0.05, 0.1) is 19.5 Å². The number of hydrogen-bond acceptors (Lipinski definition) is 5. The average molecular weight is 484 g/mol. The lowest BCUT2D eigenvalue weighted by Crippen LogP contribution is -2.44. The second-order valence-corrected chi connectivity index (χ2v) is 9.30. The van der Waals surface area contributed by atoms with Gasteiger partial charge in [-0.1, -0.05) is 69.9 Å². The first-order valence-electron chi connectivity index (χ1n) is 12.4. The van der Waals surface area contributed by atoms with Gasteiger partial charge < -0.3 is 14.6 Å². The van der Waals surface area contributed by atoms with Crippen molar-refractivity contribution in [2.24, 2.45) is 5.92 Å². The molecule has 3 aromatic rings. The van der Waals surface area contributed by atoms with E-state index in [0.29, 0.717) is 31.3 Å². The molecular weight excluding hydrogens is 446 g/mol. The lowest BCUT2D eigenvalue weighted by molar-refractivity contribution is -0.121. The molecule has 0 radical (unpaired) electrons. The molecule has 0 saturated carbocycles. The van der Waals surface area contributed by atoms with Gasteiger partial charge in [-0.2, -0.15) is 0 Å². The Kier molecular flexibility index (Phi) is 9.84. The van der Waals surface area contributed by atoms with Gasteiger partial charge in [-0.15, -0.1) is 0 Å². The summed E-state index contributed by atoms with van der Waals surface area (Å²) in [7, 11) is 1.58. The molecule has 2 heterocycles. The third-order valence-electron chi connectivity index (χ3n) is 6.04. The first-order valence-corrected chi connectivity index (χ1v) is 12.4. The maximum atomic E-state index is 13.3. The minimum absolute atomic E-state index is 0.246. The van der Waals surface area contributed by atoms with E-state index in [1.807, 2.05) is 30.3 Å². The number of methoxy groups -OCH3 is 1. The van der Waals surface area contributed by atoms with E-state index in [9.17, 15) is 14.4 Å². The number of amides is 1. The summed E-state index contributed by atoms with van der Waals surface area (Å²) in [5.74, 6) is 0.363. The van der Waals surface area contributed by atoms with E-state index in [0.717, 1.165) is 29.4 Å². The third-order valence-corrected chi connectivity index (χ3v) is 6.04. The molecule has 1 aromatic carbocycles. The normalized spacial score (nSPS) is 11.4. The molecule has 1 amide bonds. The number of nitrogens with zero attached hydrogens (tertiary/aromatic N) is 4. The summed E-state index contributed by atoms with van der Waals surface area (Å²) in [6, 6.07) is 9.49. The van der Waals surface area contributed by atoms with Crippen molar-refractivity contribution in [3.63, 3.8) is 0 Å². The van der Waals surface area contributed by atoms with Gasteiger partial charge >= 0.3 is 5.69 Å². The summed E-state index contributed by atoms with van der Waals surface area (Å²) >= 11 is 0. The monoisotopic (exact) mass is 483 g/mol. The number of hydrogen-bond donors (Lipinski definition) is 1. The van der Waals surface area contributed by atoms with Crippen LogP contribution in [-0.4, -0.2) is 44.9 Å². The average Bonchev–Trinajstić information content (AvgIpc) is 3.27. The van der Waals surface area contributed by atoms with E-state index in [2.05, 4.69) is 24.1 Å². The molecule has 1 N–H and O–H groups in total. The number of fused-ring (bicyclic) bond motifs is 1. The summed E-state index contributed by atoms with van der Waals surface area (Å²) < 4.78 is 9.29. The van der Waals surface area contributed by atoms with Gasteiger partial charge in [0, 0.05) is 20.2 Å². The van der Waals surface area contributed by atoms with Crippen LogP contribution in [0.3, 0.4) is 0 Å². The Balaban J connectivity index is 1.79. The summed E-state index contributed by atoms with van der Waals surface area (Å²) in [4.78, 5) is 43.6. The van der Waals surface area contributed by atoms with E-state index >= 15 is 0 Å². The SMILES string of the molecule is COCCn1cnc2c1c(=O)n(CC(=O)NCCCCCCC(C)C)c(=O)n2Cc1ccccc1. The summed E-state index contributed by atoms with van der Waals surface area (Å²) in [5.41, 5.74) is 0.418. The van der Waals surface area contributed by atoms with Gasteiger partial charge in [0.25, 0.3) is 5.56 Å². The van der Waals surface area contributed by atoms with Crippen molar-refractivity contribution in [1.29, 1.82) is 0 Å². The van der Waals surface area contributed by atoms with Crippen molar-refractivity contribution in [3.05, 3.63) is 63.1 Å². The molecule has 0 spiro atoms. The van der Waals surface area contributed by atoms with Crippen LogP contribution >= 0.6 is 0 Å². The van der Waals surface area contributed by atoms with Gasteiger partial charge in [-0.05, 0) is 17.9 Å². The Hall–Kier alpha value is -3.20. The molecule has 190 valence electrons. The third kappa shape index (κ3) is 7.14. The molecule has 0 aliphatic heterocycles. The van der Waals surface area contributed by atoms with Gasteiger partial charge in [-0.25, -0.2) is 14.3 Å². The van der Waals surface area contributed by atoms with E-state index in [4.69, 9.17) is 4.74 Å². The van der Waals surface area contributed by atoms with Gasteiger partial charge in [0.15, 0.2) is 11.2 Å². The molecule has 0 bridgehead atoms. The topological polar surface area (TPSA) is 100 Å². The van der Waals surface area contributed by atoms with Gasteiger partial charge in [-0.3, -0.25) is 14.2 Å². The fraction of sp³-hybridized carbons (Fsp3) is 0.538. The smallest absolute Gasteiger partial charge is 0.333 e. The van der Waals surface area contributed by atoms with E-state index in [-0.39, 0.29) is 24.5 Å². The molecule has 0 aliphatic carbocycles. The Labute approximate surface area is 205 Å². The number of ether oxygens (including phenoxy) is 1. The summed E-state index contributed by atoms with van der Waals surface area (Å²) in [6.45, 7) is 5.69. The standard InChI is InChI=1S/C26H37N5O4/c1-20(2)11-7-4-5-10-14-27-22(32)18-31-25(33)23-24(28-19-29(23)15-16-35-3)30(26(31)34)17-21-12-8-6-9-13-21/h6,8-9,12-13,19-20H,4-5,7,10-11,14-18H2,1-3H3,(H,27,32). The molecule has 2 aromatic heterocycles. The lowest BCUT2D eigenvalue weighted by Gasteiger charge is -2.13. The Morgan fingerprint density at radius 1 is 1.06 bits per heavy atom. The highest BCUT2D eigenvalue weighted by molar-refractivity contribution is 5.76. The van der Waals surface area contributed by atoms with Crippen molar-refractivity contribution in [2.75, 3.05) is 20.3 Å². The summed E-state index contributed by atoms with van der Waals surface area (Å²) in [5, 5.41) is 2.86. The number of unbranched alkanes of at least 4 members (excludes halogenated alkanes) is 3. The Bertz CT molecular complexity index is 1210. The van der Waals surface area contributed by atoms with Crippen LogP contribution in [0, 0.1) is 5.92 Å². The number of aromatic nitrogens is 4. The molecule has 3 rings (SSSR count). The highest BCUT2D eigenvalue weighted by Gasteiger charge is 2.20. The summed E-state index contributed by atoms with van der Waals surface area (Å²) in [6.07, 6.45) is 7.00. The van der Waals surface area contributed by atoms with Crippen LogP contribution < -0.4 is 16.6 Å².